The van der Waals surface area contributed by atoms with E-state index in [4.69, 9.17) is 5.73 Å². The van der Waals surface area contributed by atoms with Crippen LogP contribution in [0.25, 0.3) is 21.5 Å². The molecule has 0 saturated carbocycles. The van der Waals surface area contributed by atoms with E-state index in [1.807, 2.05) is 12.1 Å². The number of alkyl halides is 3. The zero-order valence-corrected chi connectivity index (χ0v) is 18.2. The number of rotatable bonds is 6. The van der Waals surface area contributed by atoms with Crippen molar-refractivity contribution < 1.29 is 13.2 Å². The zero-order chi connectivity index (χ0) is 23.8. The van der Waals surface area contributed by atoms with E-state index in [9.17, 15) is 23.2 Å². The summed E-state index contributed by atoms with van der Waals surface area (Å²) in [4.78, 5) is 19.6. The Hall–Kier alpha value is -3.62. The molecular formula is C22H19F3N6OS. The highest BCUT2D eigenvalue weighted by molar-refractivity contribution is 7.19. The van der Waals surface area contributed by atoms with Crippen LogP contribution in [0, 0.1) is 11.3 Å². The molecule has 0 unspecified atom stereocenters. The maximum Gasteiger partial charge on any atom is 0.416 e. The molecule has 0 amide bonds. The van der Waals surface area contributed by atoms with Crippen LogP contribution in [0.4, 0.5) is 18.3 Å². The molecule has 0 radical (unpaired) electrons. The fourth-order valence-corrected chi connectivity index (χ4v) is 4.37. The van der Waals surface area contributed by atoms with Crippen molar-refractivity contribution in [2.45, 2.75) is 18.6 Å². The van der Waals surface area contributed by atoms with Gasteiger partial charge in [0, 0.05) is 19.6 Å². The van der Waals surface area contributed by atoms with Gasteiger partial charge in [0.15, 0.2) is 10.8 Å². The highest BCUT2D eigenvalue weighted by Gasteiger charge is 2.30. The number of nitrogens with two attached hydrogens (primary N) is 1. The van der Waals surface area contributed by atoms with E-state index in [0.29, 0.717) is 39.6 Å². The number of nitrogens with zero attached hydrogens (tertiary/aromatic N) is 3. The third-order valence-corrected chi connectivity index (χ3v) is 6.26. The Balaban J connectivity index is 1.46. The molecule has 1 atom stereocenters. The van der Waals surface area contributed by atoms with Crippen LogP contribution in [0.15, 0.2) is 47.3 Å². The molecule has 33 heavy (non-hydrogen) atoms. The summed E-state index contributed by atoms with van der Waals surface area (Å²) < 4.78 is 39.6. The van der Waals surface area contributed by atoms with Crippen molar-refractivity contribution in [2.24, 2.45) is 12.8 Å². The molecule has 4 rings (SSSR count). The molecular weight excluding hydrogens is 453 g/mol. The molecule has 170 valence electrons. The largest absolute Gasteiger partial charge is 0.416 e. The Morgan fingerprint density at radius 3 is 2.67 bits per heavy atom. The van der Waals surface area contributed by atoms with Crippen LogP contribution in [-0.2, 0) is 19.6 Å². The lowest BCUT2D eigenvalue weighted by Crippen LogP contribution is -2.31. The second-order valence-electron chi connectivity index (χ2n) is 7.57. The van der Waals surface area contributed by atoms with Gasteiger partial charge in [-0.1, -0.05) is 29.5 Å². The van der Waals surface area contributed by atoms with Gasteiger partial charge in [-0.05, 0) is 41.8 Å². The van der Waals surface area contributed by atoms with E-state index in [2.05, 4.69) is 21.4 Å². The Morgan fingerprint density at radius 2 is 2.00 bits per heavy atom. The van der Waals surface area contributed by atoms with Crippen LogP contribution >= 0.6 is 11.3 Å². The average molecular weight is 472 g/mol. The van der Waals surface area contributed by atoms with Crippen LogP contribution in [0.3, 0.4) is 0 Å². The number of aromatic amines is 1. The molecule has 0 fully saturated rings. The lowest BCUT2D eigenvalue weighted by molar-refractivity contribution is -0.137. The number of imidazole rings is 1. The normalized spacial score (nSPS) is 12.6. The van der Waals surface area contributed by atoms with Gasteiger partial charge in [-0.2, -0.15) is 18.4 Å². The summed E-state index contributed by atoms with van der Waals surface area (Å²) in [5, 5.41) is 13.1. The van der Waals surface area contributed by atoms with Gasteiger partial charge in [-0.15, -0.1) is 0 Å². The number of benzene rings is 2. The summed E-state index contributed by atoms with van der Waals surface area (Å²) in [6.07, 6.45) is -3.99. The third-order valence-electron chi connectivity index (χ3n) is 5.20. The van der Waals surface area contributed by atoms with E-state index >= 15 is 0 Å². The molecule has 4 aromatic rings. The molecule has 0 spiro atoms. The number of hydrogen-bond acceptors (Lipinski definition) is 6. The van der Waals surface area contributed by atoms with Gasteiger partial charge < -0.3 is 16.0 Å². The van der Waals surface area contributed by atoms with Crippen LogP contribution in [0.5, 0.6) is 0 Å². The second-order valence-corrected chi connectivity index (χ2v) is 8.57. The van der Waals surface area contributed by atoms with E-state index in [1.54, 1.807) is 13.1 Å². The van der Waals surface area contributed by atoms with Crippen molar-refractivity contribution in [1.29, 1.82) is 5.26 Å². The zero-order valence-electron chi connectivity index (χ0n) is 17.4. The number of nitrogens with one attached hydrogen (secondary N) is 2. The topological polar surface area (TPSA) is 113 Å². The summed E-state index contributed by atoms with van der Waals surface area (Å²) in [7, 11) is 1.66. The summed E-state index contributed by atoms with van der Waals surface area (Å²) in [6.45, 7) is 0.324. The maximum atomic E-state index is 12.7. The van der Waals surface area contributed by atoms with Gasteiger partial charge >= 0.3 is 11.9 Å². The number of thiazole rings is 1. The quantitative estimate of drug-likeness (QED) is 0.395. The standard InChI is InChI=1S/C22H19F3N6OS/c1-31-18-9-13(4-7-16(18)30-21(31)32)19-17(10-26)29-20(33-19)28-11-15(27)8-12-2-5-14(6-3-12)22(23,24)25/h2-7,9,15H,8,11,27H2,1H3,(H,28,29)(H,30,32)/t15-/m1/s1. The second kappa shape index (κ2) is 8.73. The molecule has 11 heteroatoms. The number of nitriles is 1. The highest BCUT2D eigenvalue weighted by Crippen LogP contribution is 2.34. The van der Waals surface area contributed by atoms with Crippen LogP contribution in [0.1, 0.15) is 16.8 Å². The van der Waals surface area contributed by atoms with Crippen molar-refractivity contribution in [3.8, 4) is 16.5 Å². The predicted octanol–water partition coefficient (Wildman–Crippen LogP) is 3.86. The van der Waals surface area contributed by atoms with Gasteiger partial charge in [0.05, 0.1) is 21.5 Å². The first-order valence-electron chi connectivity index (χ1n) is 9.91. The van der Waals surface area contributed by atoms with Crippen LogP contribution < -0.4 is 16.7 Å². The molecule has 2 aromatic heterocycles. The minimum absolute atomic E-state index is 0.226. The molecule has 0 bridgehead atoms. The molecule has 0 aliphatic heterocycles. The molecule has 7 nitrogen and oxygen atoms in total. The first-order chi connectivity index (χ1) is 15.7. The average Bonchev–Trinajstić information content (AvgIpc) is 3.32. The number of halogens is 3. The maximum absolute atomic E-state index is 12.7. The summed E-state index contributed by atoms with van der Waals surface area (Å²) in [6, 6.07) is 12.0. The molecule has 2 heterocycles. The Labute approximate surface area is 190 Å². The Bertz CT molecular complexity index is 1400. The van der Waals surface area contributed by atoms with Gasteiger partial charge in [-0.25, -0.2) is 9.78 Å². The smallest absolute Gasteiger partial charge is 0.360 e. The highest BCUT2D eigenvalue weighted by atomic mass is 32.1. The predicted molar refractivity (Wildman–Crippen MR) is 121 cm³/mol. The van der Waals surface area contributed by atoms with Gasteiger partial charge in [0.2, 0.25) is 0 Å². The molecule has 0 saturated heterocycles. The number of hydrogen-bond donors (Lipinski definition) is 3. The van der Waals surface area contributed by atoms with E-state index in [0.717, 1.165) is 17.7 Å². The molecule has 0 aliphatic rings. The number of fused-ring (bicyclic) bond motifs is 1. The van der Waals surface area contributed by atoms with E-state index in [1.165, 1.54) is 28.0 Å². The summed E-state index contributed by atoms with van der Waals surface area (Å²) in [5.41, 5.74) is 8.32. The molecule has 0 aliphatic carbocycles. The van der Waals surface area contributed by atoms with Gasteiger partial charge in [0.1, 0.15) is 6.07 Å². The third kappa shape index (κ3) is 4.76. The Morgan fingerprint density at radius 1 is 1.27 bits per heavy atom. The van der Waals surface area contributed by atoms with Crippen molar-refractivity contribution in [2.75, 3.05) is 11.9 Å². The first kappa shape index (κ1) is 22.6. The molecule has 4 N–H and O–H groups in total. The van der Waals surface area contributed by atoms with Crippen LogP contribution in [0.2, 0.25) is 0 Å². The van der Waals surface area contributed by atoms with Crippen molar-refractivity contribution in [1.82, 2.24) is 14.5 Å². The summed E-state index contributed by atoms with van der Waals surface area (Å²) >= 11 is 1.29. The monoisotopic (exact) mass is 472 g/mol. The van der Waals surface area contributed by atoms with E-state index < -0.39 is 11.7 Å². The minimum Gasteiger partial charge on any atom is -0.360 e. The van der Waals surface area contributed by atoms with Gasteiger partial charge in [-0.3, -0.25) is 4.57 Å². The van der Waals surface area contributed by atoms with Crippen LogP contribution in [-0.4, -0.2) is 27.1 Å². The minimum atomic E-state index is -4.37. The fourth-order valence-electron chi connectivity index (χ4n) is 3.45. The Kier molecular flexibility index (Phi) is 5.97. The molecule has 2 aromatic carbocycles. The first-order valence-corrected chi connectivity index (χ1v) is 10.7. The van der Waals surface area contributed by atoms with Crippen molar-refractivity contribution in [3.63, 3.8) is 0 Å². The number of anilines is 1. The fraction of sp³-hybridized carbons (Fsp3) is 0.227. The summed E-state index contributed by atoms with van der Waals surface area (Å²) in [5.74, 6) is 0. The van der Waals surface area contributed by atoms with Crippen molar-refractivity contribution in [3.05, 3.63) is 69.8 Å². The van der Waals surface area contributed by atoms with E-state index in [-0.39, 0.29) is 17.4 Å². The van der Waals surface area contributed by atoms with Crippen molar-refractivity contribution >= 4 is 27.5 Å². The number of aryl methyl sites for hydroxylation is 1. The number of aromatic nitrogens is 3. The lowest BCUT2D eigenvalue weighted by atomic mass is 10.0. The lowest BCUT2D eigenvalue weighted by Gasteiger charge is -2.13. The van der Waals surface area contributed by atoms with Gasteiger partial charge in [0.25, 0.3) is 0 Å². The number of H-pyrrole nitrogens is 1. The SMILES string of the molecule is Cn1c(=O)[nH]c2ccc(-c3sc(NC[C@H](N)Cc4ccc(C(F)(F)F)cc4)nc3C#N)cc21.